The Balaban J connectivity index is 2.02. The summed E-state index contributed by atoms with van der Waals surface area (Å²) in [6.45, 7) is 2.45. The average Bonchev–Trinajstić information content (AvgIpc) is 2.75. The van der Waals surface area contributed by atoms with Crippen LogP contribution in [0, 0.1) is 11.3 Å². The molecule has 102 valence electrons. The number of nitriles is 1. The first-order valence-electron chi connectivity index (χ1n) is 6.11. The van der Waals surface area contributed by atoms with Gasteiger partial charge in [0.05, 0.1) is 23.5 Å². The largest absolute Gasteiger partial charge is 0.377 e. The van der Waals surface area contributed by atoms with Gasteiger partial charge in [-0.1, -0.05) is 12.1 Å². The Morgan fingerprint density at radius 1 is 1.42 bits per heavy atom. The van der Waals surface area contributed by atoms with Gasteiger partial charge < -0.3 is 4.74 Å². The van der Waals surface area contributed by atoms with Gasteiger partial charge in [-0.3, -0.25) is 0 Å². The summed E-state index contributed by atoms with van der Waals surface area (Å²) in [5.41, 5.74) is 1.19. The van der Waals surface area contributed by atoms with Gasteiger partial charge in [-0.05, 0) is 31.0 Å². The molecule has 0 radical (unpaired) electrons. The van der Waals surface area contributed by atoms with Crippen molar-refractivity contribution in [3.63, 3.8) is 0 Å². The fourth-order valence-corrected chi connectivity index (χ4v) is 3.54. The Bertz CT molecular complexity index is 575. The van der Waals surface area contributed by atoms with Crippen molar-refractivity contribution in [3.8, 4) is 6.07 Å². The first kappa shape index (κ1) is 14.0. The van der Waals surface area contributed by atoms with Gasteiger partial charge in [0.15, 0.2) is 0 Å². The molecule has 0 bridgehead atoms. The van der Waals surface area contributed by atoms with Gasteiger partial charge in [-0.2, -0.15) is 5.26 Å². The van der Waals surface area contributed by atoms with E-state index in [0.717, 1.165) is 0 Å². The third-order valence-corrected chi connectivity index (χ3v) is 4.52. The lowest BCUT2D eigenvalue weighted by Crippen LogP contribution is -2.39. The summed E-state index contributed by atoms with van der Waals surface area (Å²) in [6.07, 6.45) is 0.615. The zero-order valence-corrected chi connectivity index (χ0v) is 11.5. The lowest BCUT2D eigenvalue weighted by Gasteiger charge is -2.16. The van der Waals surface area contributed by atoms with Crippen LogP contribution in [0.15, 0.2) is 24.3 Å². The molecule has 0 aromatic heterocycles. The maximum absolute atomic E-state index is 12.0. The third kappa shape index (κ3) is 3.77. The van der Waals surface area contributed by atoms with Crippen molar-refractivity contribution < 1.29 is 13.2 Å². The smallest absolute Gasteiger partial charge is 0.216 e. The Labute approximate surface area is 113 Å². The first-order valence-corrected chi connectivity index (χ1v) is 7.76. The van der Waals surface area contributed by atoms with E-state index in [1.165, 1.54) is 0 Å². The number of ether oxygens (including phenoxy) is 1. The molecular weight excluding hydrogens is 264 g/mol. The molecule has 1 aliphatic rings. The van der Waals surface area contributed by atoms with Crippen molar-refractivity contribution in [1.29, 1.82) is 5.26 Å². The van der Waals surface area contributed by atoms with Crippen LogP contribution in [-0.2, 0) is 20.5 Å². The summed E-state index contributed by atoms with van der Waals surface area (Å²) in [7, 11) is -3.38. The molecule has 1 aromatic rings. The summed E-state index contributed by atoms with van der Waals surface area (Å²) in [4.78, 5) is 0. The summed E-state index contributed by atoms with van der Waals surface area (Å²) in [6, 6.07) is 8.40. The van der Waals surface area contributed by atoms with Crippen LogP contribution in [-0.4, -0.2) is 27.2 Å². The van der Waals surface area contributed by atoms with Crippen LogP contribution in [0.1, 0.15) is 24.5 Å². The number of nitrogens with zero attached hydrogens (tertiary/aromatic N) is 1. The van der Waals surface area contributed by atoms with E-state index in [4.69, 9.17) is 10.00 Å². The van der Waals surface area contributed by atoms with E-state index < -0.39 is 10.0 Å². The molecule has 2 atom stereocenters. The van der Waals surface area contributed by atoms with Gasteiger partial charge in [-0.25, -0.2) is 13.1 Å². The minimum atomic E-state index is -3.38. The Kier molecular flexibility index (Phi) is 4.20. The van der Waals surface area contributed by atoms with Gasteiger partial charge in [0.25, 0.3) is 0 Å². The van der Waals surface area contributed by atoms with Crippen LogP contribution in [0.5, 0.6) is 0 Å². The van der Waals surface area contributed by atoms with E-state index in [-0.39, 0.29) is 17.9 Å². The first-order chi connectivity index (χ1) is 9.00. The van der Waals surface area contributed by atoms with Crippen molar-refractivity contribution in [1.82, 2.24) is 4.72 Å². The van der Waals surface area contributed by atoms with E-state index in [1.54, 1.807) is 24.3 Å². The maximum Gasteiger partial charge on any atom is 0.216 e. The van der Waals surface area contributed by atoms with E-state index in [9.17, 15) is 8.42 Å². The number of hydrogen-bond donors (Lipinski definition) is 1. The second-order valence-electron chi connectivity index (χ2n) is 4.66. The predicted octanol–water partition coefficient (Wildman–Crippen LogP) is 1.16. The fourth-order valence-electron chi connectivity index (χ4n) is 2.05. The SMILES string of the molecule is CC1OCCC1NS(=O)(=O)Cc1ccc(C#N)cc1. The molecule has 1 fully saturated rings. The number of rotatable bonds is 4. The molecule has 1 aromatic carbocycles. The van der Waals surface area contributed by atoms with Gasteiger partial charge in [0.2, 0.25) is 10.0 Å². The number of benzene rings is 1. The Hall–Kier alpha value is -1.42. The van der Waals surface area contributed by atoms with Crippen molar-refractivity contribution in [2.45, 2.75) is 31.2 Å². The van der Waals surface area contributed by atoms with Crippen LogP contribution in [0.2, 0.25) is 0 Å². The van der Waals surface area contributed by atoms with Gasteiger partial charge in [0, 0.05) is 12.6 Å². The highest BCUT2D eigenvalue weighted by Crippen LogP contribution is 2.15. The molecule has 2 rings (SSSR count). The van der Waals surface area contributed by atoms with E-state index in [2.05, 4.69) is 4.72 Å². The van der Waals surface area contributed by atoms with Crippen LogP contribution in [0.4, 0.5) is 0 Å². The highest BCUT2D eigenvalue weighted by molar-refractivity contribution is 7.88. The summed E-state index contributed by atoms with van der Waals surface area (Å²) >= 11 is 0. The standard InChI is InChI=1S/C13H16N2O3S/c1-10-13(6-7-18-10)15-19(16,17)9-12-4-2-11(8-14)3-5-12/h2-5,10,13,15H,6-7,9H2,1H3. The fraction of sp³-hybridized carbons (Fsp3) is 0.462. The second-order valence-corrected chi connectivity index (χ2v) is 6.41. The molecule has 19 heavy (non-hydrogen) atoms. The zero-order valence-electron chi connectivity index (χ0n) is 10.7. The molecule has 5 nitrogen and oxygen atoms in total. The quantitative estimate of drug-likeness (QED) is 0.897. The predicted molar refractivity (Wildman–Crippen MR) is 70.7 cm³/mol. The monoisotopic (exact) mass is 280 g/mol. The van der Waals surface area contributed by atoms with E-state index in [0.29, 0.717) is 24.2 Å². The molecule has 6 heteroatoms. The third-order valence-electron chi connectivity index (χ3n) is 3.15. The molecule has 1 heterocycles. The van der Waals surface area contributed by atoms with Crippen molar-refractivity contribution in [3.05, 3.63) is 35.4 Å². The number of nitrogens with one attached hydrogen (secondary N) is 1. The van der Waals surface area contributed by atoms with Crippen LogP contribution >= 0.6 is 0 Å². The molecule has 0 aliphatic carbocycles. The van der Waals surface area contributed by atoms with Gasteiger partial charge in [0.1, 0.15) is 0 Å². The molecule has 1 N–H and O–H groups in total. The highest BCUT2D eigenvalue weighted by Gasteiger charge is 2.28. The molecular formula is C13H16N2O3S. The summed E-state index contributed by atoms with van der Waals surface area (Å²) in [5, 5.41) is 8.69. The molecule has 0 saturated carbocycles. The van der Waals surface area contributed by atoms with Crippen LogP contribution < -0.4 is 4.72 Å². The number of sulfonamides is 1. The lowest BCUT2D eigenvalue weighted by atomic mass is 10.2. The van der Waals surface area contributed by atoms with Crippen molar-refractivity contribution in [2.24, 2.45) is 0 Å². The highest BCUT2D eigenvalue weighted by atomic mass is 32.2. The van der Waals surface area contributed by atoms with Crippen LogP contribution in [0.25, 0.3) is 0 Å². The molecule has 2 unspecified atom stereocenters. The minimum absolute atomic E-state index is 0.0814. The Morgan fingerprint density at radius 2 is 2.11 bits per heavy atom. The van der Waals surface area contributed by atoms with Gasteiger partial charge in [-0.15, -0.1) is 0 Å². The minimum Gasteiger partial charge on any atom is -0.377 e. The van der Waals surface area contributed by atoms with Crippen molar-refractivity contribution >= 4 is 10.0 Å². The topological polar surface area (TPSA) is 79.2 Å². The van der Waals surface area contributed by atoms with Crippen LogP contribution in [0.3, 0.4) is 0 Å². The summed E-state index contributed by atoms with van der Waals surface area (Å²) < 4.78 is 32.0. The lowest BCUT2D eigenvalue weighted by molar-refractivity contribution is 0.117. The van der Waals surface area contributed by atoms with Crippen molar-refractivity contribution in [2.75, 3.05) is 6.61 Å². The molecule has 0 spiro atoms. The number of hydrogen-bond acceptors (Lipinski definition) is 4. The van der Waals surface area contributed by atoms with E-state index in [1.807, 2.05) is 13.0 Å². The van der Waals surface area contributed by atoms with Gasteiger partial charge >= 0.3 is 0 Å². The normalized spacial score (nSPS) is 23.2. The molecule has 0 amide bonds. The summed E-state index contributed by atoms with van der Waals surface area (Å²) in [5.74, 6) is -0.0814. The average molecular weight is 280 g/mol. The van der Waals surface area contributed by atoms with E-state index >= 15 is 0 Å². The zero-order chi connectivity index (χ0) is 13.9. The maximum atomic E-state index is 12.0. The molecule has 1 aliphatic heterocycles. The Morgan fingerprint density at radius 3 is 2.63 bits per heavy atom. The second kappa shape index (κ2) is 5.70. The molecule has 1 saturated heterocycles.